The van der Waals surface area contributed by atoms with Gasteiger partial charge in [0.25, 0.3) is 10.2 Å². The molecule has 108 valence electrons. The van der Waals surface area contributed by atoms with Crippen molar-refractivity contribution in [2.75, 3.05) is 26.2 Å². The average Bonchev–Trinajstić information content (AvgIpc) is 2.90. The Kier molecular flexibility index (Phi) is 4.98. The maximum absolute atomic E-state index is 12.1. The summed E-state index contributed by atoms with van der Waals surface area (Å²) in [7, 11) is -3.36. The summed E-state index contributed by atoms with van der Waals surface area (Å²) >= 11 is 0. The molecule has 6 nitrogen and oxygen atoms in total. The second-order valence-electron chi connectivity index (χ2n) is 4.79. The van der Waals surface area contributed by atoms with E-state index in [2.05, 4.69) is 10.0 Å². The van der Waals surface area contributed by atoms with Gasteiger partial charge < -0.3 is 9.73 Å². The molecule has 1 aromatic rings. The Morgan fingerprint density at radius 3 is 2.84 bits per heavy atom. The van der Waals surface area contributed by atoms with Gasteiger partial charge in [-0.1, -0.05) is 0 Å². The van der Waals surface area contributed by atoms with Crippen LogP contribution in [0.5, 0.6) is 0 Å². The first-order valence-electron chi connectivity index (χ1n) is 6.58. The molecule has 0 spiro atoms. The molecule has 0 amide bonds. The fraction of sp³-hybridized carbons (Fsp3) is 0.667. The first-order chi connectivity index (χ1) is 9.08. The average molecular weight is 287 g/mol. The number of aryl methyl sites for hydroxylation is 1. The highest BCUT2D eigenvalue weighted by Gasteiger charge is 2.24. The van der Waals surface area contributed by atoms with Crippen LogP contribution in [0.4, 0.5) is 0 Å². The van der Waals surface area contributed by atoms with Crippen LogP contribution in [0.1, 0.15) is 19.1 Å². The van der Waals surface area contributed by atoms with Crippen LogP contribution in [-0.2, 0) is 16.6 Å². The number of hydrogen-bond donors (Lipinski definition) is 2. The van der Waals surface area contributed by atoms with Crippen LogP contribution in [-0.4, -0.2) is 44.9 Å². The predicted octanol–water partition coefficient (Wildman–Crippen LogP) is 0.340. The first-order valence-corrected chi connectivity index (χ1v) is 8.02. The Hall–Kier alpha value is -0.890. The number of rotatable bonds is 6. The second-order valence-corrected chi connectivity index (χ2v) is 6.49. The van der Waals surface area contributed by atoms with Crippen molar-refractivity contribution >= 4 is 10.2 Å². The lowest BCUT2D eigenvalue weighted by Crippen LogP contribution is -2.52. The predicted molar refractivity (Wildman–Crippen MR) is 73.0 cm³/mol. The molecule has 0 aliphatic carbocycles. The Bertz CT molecular complexity index is 466. The van der Waals surface area contributed by atoms with Crippen molar-refractivity contribution in [3.8, 4) is 0 Å². The van der Waals surface area contributed by atoms with Gasteiger partial charge in [0, 0.05) is 38.6 Å². The molecule has 2 N–H and O–H groups in total. The molecule has 1 saturated heterocycles. The van der Waals surface area contributed by atoms with E-state index in [0.717, 1.165) is 18.6 Å². The summed E-state index contributed by atoms with van der Waals surface area (Å²) in [5.74, 6) is 0.883. The summed E-state index contributed by atoms with van der Waals surface area (Å²) in [5.41, 5.74) is 0. The van der Waals surface area contributed by atoms with Gasteiger partial charge in [-0.25, -0.2) is 0 Å². The maximum Gasteiger partial charge on any atom is 0.279 e. The number of piperazine rings is 1. The number of nitrogens with one attached hydrogen (secondary N) is 2. The minimum atomic E-state index is -3.36. The molecule has 0 bridgehead atoms. The summed E-state index contributed by atoms with van der Waals surface area (Å²) in [5, 5.41) is 3.14. The van der Waals surface area contributed by atoms with Gasteiger partial charge in [0.05, 0.1) is 6.26 Å². The van der Waals surface area contributed by atoms with Crippen molar-refractivity contribution in [2.24, 2.45) is 0 Å². The zero-order valence-electron chi connectivity index (χ0n) is 11.1. The molecule has 1 unspecified atom stereocenters. The minimum absolute atomic E-state index is 0.106. The zero-order chi connectivity index (χ0) is 13.7. The molecule has 1 fully saturated rings. The fourth-order valence-electron chi connectivity index (χ4n) is 2.09. The molecule has 0 radical (unpaired) electrons. The summed E-state index contributed by atoms with van der Waals surface area (Å²) in [6.45, 7) is 4.35. The van der Waals surface area contributed by atoms with Crippen LogP contribution in [0.15, 0.2) is 22.8 Å². The van der Waals surface area contributed by atoms with E-state index in [4.69, 9.17) is 4.42 Å². The lowest BCUT2D eigenvalue weighted by Gasteiger charge is -2.28. The number of nitrogens with zero attached hydrogens (tertiary/aromatic N) is 1. The molecule has 2 heterocycles. The molecule has 1 atom stereocenters. The molecule has 2 rings (SSSR count). The normalized spacial score (nSPS) is 19.4. The van der Waals surface area contributed by atoms with Crippen molar-refractivity contribution in [1.82, 2.24) is 14.3 Å². The van der Waals surface area contributed by atoms with E-state index in [1.165, 1.54) is 4.31 Å². The maximum atomic E-state index is 12.1. The van der Waals surface area contributed by atoms with Crippen molar-refractivity contribution in [3.63, 3.8) is 0 Å². The largest absolute Gasteiger partial charge is 0.469 e. The molecule has 0 saturated carbocycles. The number of hydrogen-bond acceptors (Lipinski definition) is 4. The quantitative estimate of drug-likeness (QED) is 0.791. The SMILES string of the molecule is CC(CCc1ccco1)NS(=O)(=O)N1CCNCC1. The van der Waals surface area contributed by atoms with Crippen LogP contribution >= 0.6 is 0 Å². The van der Waals surface area contributed by atoms with Crippen molar-refractivity contribution in [3.05, 3.63) is 24.2 Å². The van der Waals surface area contributed by atoms with E-state index < -0.39 is 10.2 Å². The van der Waals surface area contributed by atoms with Crippen LogP contribution in [0.3, 0.4) is 0 Å². The Balaban J connectivity index is 1.81. The van der Waals surface area contributed by atoms with E-state index in [1.807, 2.05) is 19.1 Å². The topological polar surface area (TPSA) is 74.6 Å². The van der Waals surface area contributed by atoms with Gasteiger partial charge in [-0.3, -0.25) is 0 Å². The Morgan fingerprint density at radius 2 is 2.21 bits per heavy atom. The van der Waals surface area contributed by atoms with Gasteiger partial charge in [0.2, 0.25) is 0 Å². The molecule has 1 aromatic heterocycles. The van der Waals surface area contributed by atoms with E-state index >= 15 is 0 Å². The van der Waals surface area contributed by atoms with Crippen molar-refractivity contribution < 1.29 is 12.8 Å². The summed E-state index contributed by atoms with van der Waals surface area (Å²) < 4.78 is 33.7. The monoisotopic (exact) mass is 287 g/mol. The molecule has 7 heteroatoms. The molecule has 0 aromatic carbocycles. The fourth-order valence-corrected chi connectivity index (χ4v) is 3.52. The summed E-state index contributed by atoms with van der Waals surface area (Å²) in [6, 6.07) is 3.63. The van der Waals surface area contributed by atoms with Crippen LogP contribution in [0.2, 0.25) is 0 Å². The highest BCUT2D eigenvalue weighted by Crippen LogP contribution is 2.08. The summed E-state index contributed by atoms with van der Waals surface area (Å²) in [4.78, 5) is 0. The number of furan rings is 1. The molecule has 19 heavy (non-hydrogen) atoms. The van der Waals surface area contributed by atoms with Crippen LogP contribution in [0, 0.1) is 0 Å². The van der Waals surface area contributed by atoms with E-state index in [9.17, 15) is 8.42 Å². The molecule has 1 aliphatic heterocycles. The second kappa shape index (κ2) is 6.51. The minimum Gasteiger partial charge on any atom is -0.469 e. The van der Waals surface area contributed by atoms with Crippen LogP contribution < -0.4 is 10.0 Å². The van der Waals surface area contributed by atoms with E-state index in [0.29, 0.717) is 26.2 Å². The van der Waals surface area contributed by atoms with Gasteiger partial charge in [-0.15, -0.1) is 0 Å². The van der Waals surface area contributed by atoms with Gasteiger partial charge in [0.1, 0.15) is 5.76 Å². The van der Waals surface area contributed by atoms with Crippen molar-refractivity contribution in [1.29, 1.82) is 0 Å². The third-order valence-electron chi connectivity index (χ3n) is 3.17. The van der Waals surface area contributed by atoms with Gasteiger partial charge in [-0.05, 0) is 25.5 Å². The highest BCUT2D eigenvalue weighted by molar-refractivity contribution is 7.87. The third-order valence-corrected chi connectivity index (χ3v) is 4.92. The lowest BCUT2D eigenvalue weighted by molar-refractivity contribution is 0.350. The van der Waals surface area contributed by atoms with Crippen LogP contribution in [0.25, 0.3) is 0 Å². The highest BCUT2D eigenvalue weighted by atomic mass is 32.2. The smallest absolute Gasteiger partial charge is 0.279 e. The summed E-state index contributed by atoms with van der Waals surface area (Å²) in [6.07, 6.45) is 3.09. The molecule has 1 aliphatic rings. The van der Waals surface area contributed by atoms with Crippen molar-refractivity contribution in [2.45, 2.75) is 25.8 Å². The molecular weight excluding hydrogens is 266 g/mol. The van der Waals surface area contributed by atoms with Gasteiger partial charge >= 0.3 is 0 Å². The first kappa shape index (κ1) is 14.5. The standard InChI is InChI=1S/C12H21N3O3S/c1-11(4-5-12-3-2-10-18-12)14-19(16,17)15-8-6-13-7-9-15/h2-3,10-11,13-14H,4-9H2,1H3. The molecular formula is C12H21N3O3S. The Labute approximate surface area is 114 Å². The third kappa shape index (κ3) is 4.31. The lowest BCUT2D eigenvalue weighted by atomic mass is 10.2. The van der Waals surface area contributed by atoms with E-state index in [-0.39, 0.29) is 6.04 Å². The van der Waals surface area contributed by atoms with Gasteiger partial charge in [-0.2, -0.15) is 17.4 Å². The van der Waals surface area contributed by atoms with Gasteiger partial charge in [0.15, 0.2) is 0 Å². The Morgan fingerprint density at radius 1 is 1.47 bits per heavy atom. The zero-order valence-corrected chi connectivity index (χ0v) is 11.9. The van der Waals surface area contributed by atoms with E-state index in [1.54, 1.807) is 6.26 Å².